The lowest BCUT2D eigenvalue weighted by Crippen LogP contribution is -2.41. The Kier molecular flexibility index (Phi) is 6.72. The molecule has 9 nitrogen and oxygen atoms in total. The molecule has 0 heterocycles. The van der Waals surface area contributed by atoms with Crippen LogP contribution in [0.25, 0.3) is 0 Å². The molecule has 10 heteroatoms. The quantitative estimate of drug-likeness (QED) is 0.623. The van der Waals surface area contributed by atoms with Gasteiger partial charge in [0.1, 0.15) is 0 Å². The molecule has 0 aromatic heterocycles. The van der Waals surface area contributed by atoms with Crippen molar-refractivity contribution >= 4 is 33.6 Å². The summed E-state index contributed by atoms with van der Waals surface area (Å²) in [6, 6.07) is 13.2. The molecule has 0 aliphatic rings. The van der Waals surface area contributed by atoms with Crippen LogP contribution in [0.1, 0.15) is 22.0 Å². The average Bonchev–Trinajstić information content (AvgIpc) is 2.65. The van der Waals surface area contributed by atoms with Crippen LogP contribution in [0.3, 0.4) is 0 Å². The summed E-state index contributed by atoms with van der Waals surface area (Å²) >= 11 is 0. The number of anilines is 1. The Labute approximate surface area is 162 Å². The average molecular weight is 405 g/mol. The zero-order valence-electron chi connectivity index (χ0n) is 15.1. The van der Waals surface area contributed by atoms with Gasteiger partial charge in [-0.1, -0.05) is 42.5 Å². The lowest BCUT2D eigenvalue weighted by molar-refractivity contribution is -0.129. The first kappa shape index (κ1) is 20.9. The van der Waals surface area contributed by atoms with Gasteiger partial charge in [0.05, 0.1) is 17.5 Å². The second-order valence-electron chi connectivity index (χ2n) is 5.68. The summed E-state index contributed by atoms with van der Waals surface area (Å²) in [4.78, 5) is 36.6. The van der Waals surface area contributed by atoms with E-state index in [4.69, 9.17) is 4.74 Å². The summed E-state index contributed by atoms with van der Waals surface area (Å²) in [5, 5.41) is 4.29. The third-order valence-corrected chi connectivity index (χ3v) is 4.06. The Bertz CT molecular complexity index is 976. The van der Waals surface area contributed by atoms with Crippen LogP contribution in [0.5, 0.6) is 0 Å². The number of ether oxygens (including phenoxy) is 1. The monoisotopic (exact) mass is 405 g/mol. The zero-order valence-corrected chi connectivity index (χ0v) is 15.9. The van der Waals surface area contributed by atoms with E-state index in [-0.39, 0.29) is 11.3 Å². The van der Waals surface area contributed by atoms with Gasteiger partial charge in [0.15, 0.2) is 0 Å². The fraction of sp³-hybridized carbons (Fsp3) is 0.167. The lowest BCUT2D eigenvalue weighted by Gasteiger charge is -2.18. The van der Waals surface area contributed by atoms with E-state index in [2.05, 4.69) is 15.4 Å². The van der Waals surface area contributed by atoms with Crippen LogP contribution >= 0.6 is 0 Å². The second kappa shape index (κ2) is 9.00. The van der Waals surface area contributed by atoms with E-state index in [1.165, 1.54) is 31.3 Å². The molecule has 2 aromatic carbocycles. The number of nitrogens with one attached hydrogen (secondary N) is 3. The summed E-state index contributed by atoms with van der Waals surface area (Å²) in [6.45, 7) is 0. The Balaban J connectivity index is 2.33. The number of hydrogen-bond donors (Lipinski definition) is 3. The molecular formula is C18H19N3O6S. The first-order valence-electron chi connectivity index (χ1n) is 8.06. The predicted molar refractivity (Wildman–Crippen MR) is 102 cm³/mol. The molecule has 0 radical (unpaired) electrons. The number of para-hydroxylation sites is 1. The Morgan fingerprint density at radius 2 is 1.57 bits per heavy atom. The highest BCUT2D eigenvalue weighted by Gasteiger charge is 2.28. The fourth-order valence-electron chi connectivity index (χ4n) is 2.26. The largest absolute Gasteiger partial charge is 0.444 e. The SMILES string of the molecule is CNC(=O)NC(=O)[C@H](OC(=O)c1ccccc1NS(C)(=O)=O)c1ccccc1. The predicted octanol–water partition coefficient (Wildman–Crippen LogP) is 1.41. The molecule has 0 saturated carbocycles. The molecule has 0 aliphatic carbocycles. The summed E-state index contributed by atoms with van der Waals surface area (Å²) in [5.41, 5.74) is 0.265. The van der Waals surface area contributed by atoms with Crippen molar-refractivity contribution in [3.05, 3.63) is 65.7 Å². The Morgan fingerprint density at radius 1 is 0.964 bits per heavy atom. The van der Waals surface area contributed by atoms with Crippen molar-refractivity contribution in [1.82, 2.24) is 10.6 Å². The summed E-state index contributed by atoms with van der Waals surface area (Å²) in [5.74, 6) is -1.79. The van der Waals surface area contributed by atoms with E-state index in [0.717, 1.165) is 6.26 Å². The van der Waals surface area contributed by atoms with Crippen molar-refractivity contribution in [2.75, 3.05) is 18.0 Å². The van der Waals surface area contributed by atoms with Crippen molar-refractivity contribution < 1.29 is 27.5 Å². The zero-order chi connectivity index (χ0) is 20.7. The van der Waals surface area contributed by atoms with E-state index < -0.39 is 34.0 Å². The molecule has 0 saturated heterocycles. The number of hydrogen-bond acceptors (Lipinski definition) is 6. The molecule has 0 bridgehead atoms. The normalized spacial score (nSPS) is 11.8. The van der Waals surface area contributed by atoms with E-state index in [0.29, 0.717) is 5.56 Å². The van der Waals surface area contributed by atoms with Crippen LogP contribution in [0, 0.1) is 0 Å². The number of rotatable bonds is 6. The number of urea groups is 1. The van der Waals surface area contributed by atoms with Crippen LogP contribution in [-0.4, -0.2) is 39.6 Å². The lowest BCUT2D eigenvalue weighted by atomic mass is 10.1. The molecule has 148 valence electrons. The van der Waals surface area contributed by atoms with Crippen molar-refractivity contribution in [3.63, 3.8) is 0 Å². The first-order valence-corrected chi connectivity index (χ1v) is 9.95. The summed E-state index contributed by atoms with van der Waals surface area (Å²) in [7, 11) is -2.31. The highest BCUT2D eigenvalue weighted by atomic mass is 32.2. The van der Waals surface area contributed by atoms with E-state index in [1.54, 1.807) is 30.3 Å². The van der Waals surface area contributed by atoms with Gasteiger partial charge in [0.25, 0.3) is 5.91 Å². The standard InChI is InChI=1S/C18H19N3O6S/c1-19-18(24)20-16(22)15(12-8-4-3-5-9-12)27-17(23)13-10-6-7-11-14(13)21-28(2,25)26/h3-11,15,21H,1-2H3,(H2,19,20,22,24)/t15-/m1/s1. The maximum Gasteiger partial charge on any atom is 0.341 e. The number of imide groups is 1. The third-order valence-electron chi connectivity index (χ3n) is 3.47. The molecule has 2 rings (SSSR count). The van der Waals surface area contributed by atoms with Gasteiger partial charge < -0.3 is 10.1 Å². The Morgan fingerprint density at radius 3 is 2.18 bits per heavy atom. The van der Waals surface area contributed by atoms with E-state index in [9.17, 15) is 22.8 Å². The molecule has 0 spiro atoms. The van der Waals surface area contributed by atoms with Gasteiger partial charge >= 0.3 is 12.0 Å². The summed E-state index contributed by atoms with van der Waals surface area (Å²) in [6.07, 6.45) is -0.476. The van der Waals surface area contributed by atoms with Crippen molar-refractivity contribution in [3.8, 4) is 0 Å². The van der Waals surface area contributed by atoms with Gasteiger partial charge in [-0.15, -0.1) is 0 Å². The minimum absolute atomic E-state index is 0.00789. The topological polar surface area (TPSA) is 131 Å². The van der Waals surface area contributed by atoms with Gasteiger partial charge in [-0.3, -0.25) is 14.8 Å². The molecule has 3 amide bonds. The van der Waals surface area contributed by atoms with Crippen LogP contribution < -0.4 is 15.4 Å². The highest BCUT2D eigenvalue weighted by molar-refractivity contribution is 7.92. The number of carbonyl (C=O) groups is 3. The second-order valence-corrected chi connectivity index (χ2v) is 7.43. The molecule has 3 N–H and O–H groups in total. The minimum atomic E-state index is -3.64. The molecule has 0 aliphatic heterocycles. The van der Waals surface area contributed by atoms with Crippen LogP contribution in [0.15, 0.2) is 54.6 Å². The molecule has 0 unspecified atom stereocenters. The maximum atomic E-state index is 12.7. The molecule has 2 aromatic rings. The van der Waals surface area contributed by atoms with Gasteiger partial charge in [0.2, 0.25) is 16.1 Å². The first-order chi connectivity index (χ1) is 13.2. The number of esters is 1. The van der Waals surface area contributed by atoms with Crippen molar-refractivity contribution in [2.45, 2.75) is 6.10 Å². The van der Waals surface area contributed by atoms with Crippen LogP contribution in [-0.2, 0) is 19.6 Å². The van der Waals surface area contributed by atoms with Crippen molar-refractivity contribution in [1.29, 1.82) is 0 Å². The minimum Gasteiger partial charge on any atom is -0.444 e. The van der Waals surface area contributed by atoms with E-state index in [1.807, 2.05) is 0 Å². The Hall–Kier alpha value is -3.40. The van der Waals surface area contributed by atoms with Gasteiger partial charge in [-0.05, 0) is 12.1 Å². The smallest absolute Gasteiger partial charge is 0.341 e. The number of benzene rings is 2. The third kappa shape index (κ3) is 5.81. The number of carbonyl (C=O) groups excluding carboxylic acids is 3. The molecule has 1 atom stereocenters. The van der Waals surface area contributed by atoms with Crippen LogP contribution in [0.2, 0.25) is 0 Å². The molecular weight excluding hydrogens is 386 g/mol. The number of amides is 3. The maximum absolute atomic E-state index is 12.7. The van der Waals surface area contributed by atoms with Crippen molar-refractivity contribution in [2.24, 2.45) is 0 Å². The van der Waals surface area contributed by atoms with Gasteiger partial charge in [0, 0.05) is 12.6 Å². The molecule has 0 fully saturated rings. The molecule has 28 heavy (non-hydrogen) atoms. The summed E-state index contributed by atoms with van der Waals surface area (Å²) < 4.78 is 30.6. The van der Waals surface area contributed by atoms with Crippen LogP contribution in [0.4, 0.5) is 10.5 Å². The van der Waals surface area contributed by atoms with E-state index >= 15 is 0 Å². The van der Waals surface area contributed by atoms with Gasteiger partial charge in [-0.2, -0.15) is 0 Å². The van der Waals surface area contributed by atoms with Gasteiger partial charge in [-0.25, -0.2) is 18.0 Å². The number of sulfonamides is 1. The highest BCUT2D eigenvalue weighted by Crippen LogP contribution is 2.23. The fourth-order valence-corrected chi connectivity index (χ4v) is 2.84.